The van der Waals surface area contributed by atoms with Crippen LogP contribution in [0, 0.1) is 0 Å². The van der Waals surface area contributed by atoms with Crippen LogP contribution >= 0.6 is 23.4 Å². The molecular formula is C3H12NO9P3. The SMILES string of the molecule is CO[PH](=O)ON(CP(=O)(O)O)CP(=O)(O)O. The lowest BCUT2D eigenvalue weighted by Gasteiger charge is -2.20. The predicted octanol–water partition coefficient (Wildman–Crippen LogP) is -0.474. The van der Waals surface area contributed by atoms with Crippen LogP contribution in [0.25, 0.3) is 0 Å². The molecule has 0 aromatic carbocycles. The lowest BCUT2D eigenvalue weighted by Crippen LogP contribution is -2.24. The maximum atomic E-state index is 10.8. The van der Waals surface area contributed by atoms with Crippen molar-refractivity contribution in [2.45, 2.75) is 0 Å². The largest absolute Gasteiger partial charge is 0.341 e. The molecule has 10 nitrogen and oxygen atoms in total. The average molecular weight is 299 g/mol. The molecule has 0 spiro atoms. The van der Waals surface area contributed by atoms with E-state index in [0.717, 1.165) is 7.11 Å². The fraction of sp³-hybridized carbons (Fsp3) is 1.00. The third-order valence-electron chi connectivity index (χ3n) is 1.05. The zero-order chi connectivity index (χ0) is 13.0. The number of hydrogen-bond acceptors (Lipinski definition) is 6. The van der Waals surface area contributed by atoms with Gasteiger partial charge in [0.05, 0.1) is 0 Å². The monoisotopic (exact) mass is 299 g/mol. The molecule has 13 heteroatoms. The number of hydrogen-bond donors (Lipinski definition) is 4. The fourth-order valence-corrected chi connectivity index (χ4v) is 2.58. The fourth-order valence-electron chi connectivity index (χ4n) is 0.656. The highest BCUT2D eigenvalue weighted by molar-refractivity contribution is 7.52. The zero-order valence-corrected chi connectivity index (χ0v) is 10.9. The van der Waals surface area contributed by atoms with Gasteiger partial charge in [-0.05, 0) is 0 Å². The number of nitrogens with zero attached hydrogens (tertiary/aromatic N) is 1. The van der Waals surface area contributed by atoms with Gasteiger partial charge in [-0.2, -0.15) is 5.06 Å². The lowest BCUT2D eigenvalue weighted by molar-refractivity contribution is -0.0352. The molecule has 0 aliphatic carbocycles. The van der Waals surface area contributed by atoms with E-state index in [0.29, 0.717) is 0 Å². The molecule has 16 heavy (non-hydrogen) atoms. The Hall–Kier alpha value is 0.410. The van der Waals surface area contributed by atoms with E-state index in [1.807, 2.05) is 0 Å². The maximum Gasteiger partial charge on any atom is 0.341 e. The van der Waals surface area contributed by atoms with Crippen LogP contribution in [-0.2, 0) is 22.8 Å². The Morgan fingerprint density at radius 1 is 1.12 bits per heavy atom. The molecule has 0 rings (SSSR count). The van der Waals surface area contributed by atoms with Gasteiger partial charge in [-0.15, -0.1) is 0 Å². The molecule has 0 amide bonds. The van der Waals surface area contributed by atoms with Gasteiger partial charge in [0.1, 0.15) is 12.6 Å². The van der Waals surface area contributed by atoms with Crippen molar-refractivity contribution in [1.29, 1.82) is 0 Å². The van der Waals surface area contributed by atoms with Crippen molar-refractivity contribution in [1.82, 2.24) is 5.06 Å². The topological polar surface area (TPSA) is 154 Å². The average Bonchev–Trinajstić information content (AvgIpc) is 1.97. The van der Waals surface area contributed by atoms with E-state index in [9.17, 15) is 13.7 Å². The standard InChI is InChI=1S/C3H12NO9P3/c1-12-14(5)13-4(2-15(6,7)8)3-16(9,10)11/h14H,2-3H2,1H3,(H2,6,7,8)(H2,9,10,11). The highest BCUT2D eigenvalue weighted by atomic mass is 31.2. The summed E-state index contributed by atoms with van der Waals surface area (Å²) in [5, 5.41) is 0.229. The summed E-state index contributed by atoms with van der Waals surface area (Å²) < 4.78 is 40.5. The van der Waals surface area contributed by atoms with Crippen LogP contribution in [0.1, 0.15) is 0 Å². The van der Waals surface area contributed by atoms with Gasteiger partial charge in [0.15, 0.2) is 0 Å². The van der Waals surface area contributed by atoms with Gasteiger partial charge in [-0.25, -0.2) is 4.62 Å². The van der Waals surface area contributed by atoms with E-state index in [4.69, 9.17) is 19.6 Å². The Labute approximate surface area is 91.4 Å². The molecule has 0 saturated heterocycles. The molecule has 0 aromatic rings. The highest BCUT2D eigenvalue weighted by Crippen LogP contribution is 2.43. The normalized spacial score (nSPS) is 15.4. The second-order valence-corrected chi connectivity index (χ2v) is 6.95. The van der Waals surface area contributed by atoms with Gasteiger partial charge in [-0.1, -0.05) is 0 Å². The molecule has 0 heterocycles. The molecule has 1 atom stereocenters. The third kappa shape index (κ3) is 9.62. The minimum Gasteiger partial charge on any atom is -0.323 e. The van der Waals surface area contributed by atoms with E-state index in [2.05, 4.69) is 9.15 Å². The first-order valence-electron chi connectivity index (χ1n) is 3.63. The van der Waals surface area contributed by atoms with Crippen molar-refractivity contribution < 1.29 is 42.4 Å². The summed E-state index contributed by atoms with van der Waals surface area (Å²) >= 11 is 0. The summed E-state index contributed by atoms with van der Waals surface area (Å²) in [6.07, 6.45) is -2.20. The van der Waals surface area contributed by atoms with Gasteiger partial charge in [-0.3, -0.25) is 13.7 Å². The maximum absolute atomic E-state index is 10.8. The Balaban J connectivity index is 4.58. The summed E-state index contributed by atoms with van der Waals surface area (Å²) in [7, 11) is -11.3. The Bertz CT molecular complexity index is 307. The van der Waals surface area contributed by atoms with E-state index >= 15 is 0 Å². The van der Waals surface area contributed by atoms with Gasteiger partial charge < -0.3 is 24.1 Å². The van der Waals surface area contributed by atoms with E-state index in [-0.39, 0.29) is 5.06 Å². The molecular weight excluding hydrogens is 287 g/mol. The molecule has 1 unspecified atom stereocenters. The third-order valence-corrected chi connectivity index (χ3v) is 3.16. The van der Waals surface area contributed by atoms with Crippen LogP contribution in [0.3, 0.4) is 0 Å². The lowest BCUT2D eigenvalue weighted by atomic mass is 11.2. The molecule has 0 aliphatic heterocycles. The van der Waals surface area contributed by atoms with Crippen LogP contribution in [0.4, 0.5) is 0 Å². The van der Waals surface area contributed by atoms with Crippen LogP contribution in [-0.4, -0.2) is 44.3 Å². The van der Waals surface area contributed by atoms with Gasteiger partial charge in [0, 0.05) is 7.11 Å². The highest BCUT2D eigenvalue weighted by Gasteiger charge is 2.27. The van der Waals surface area contributed by atoms with Crippen molar-refractivity contribution in [3.05, 3.63) is 0 Å². The zero-order valence-electron chi connectivity index (χ0n) is 8.09. The van der Waals surface area contributed by atoms with Crippen LogP contribution in [0.5, 0.6) is 0 Å². The first kappa shape index (κ1) is 16.4. The van der Waals surface area contributed by atoms with Crippen molar-refractivity contribution >= 4 is 23.4 Å². The Morgan fingerprint density at radius 3 is 1.75 bits per heavy atom. The molecule has 0 radical (unpaired) electrons. The summed E-state index contributed by atoms with van der Waals surface area (Å²) in [5.74, 6) is 0. The minimum atomic E-state index is -4.60. The first-order chi connectivity index (χ1) is 7.03. The van der Waals surface area contributed by atoms with E-state index in [1.165, 1.54) is 0 Å². The van der Waals surface area contributed by atoms with Gasteiger partial charge >= 0.3 is 23.4 Å². The number of hydroxylamine groups is 2. The van der Waals surface area contributed by atoms with Crippen LogP contribution in [0.15, 0.2) is 0 Å². The quantitative estimate of drug-likeness (QED) is 0.358. The predicted molar refractivity (Wildman–Crippen MR) is 52.8 cm³/mol. The van der Waals surface area contributed by atoms with Crippen molar-refractivity contribution in [2.24, 2.45) is 0 Å². The Kier molecular flexibility index (Phi) is 6.53. The molecule has 98 valence electrons. The summed E-state index contributed by atoms with van der Waals surface area (Å²) in [6.45, 7) is 0. The van der Waals surface area contributed by atoms with Crippen molar-refractivity contribution in [3.63, 3.8) is 0 Å². The molecule has 0 saturated carbocycles. The van der Waals surface area contributed by atoms with Crippen LogP contribution in [0.2, 0.25) is 0 Å². The molecule has 4 N–H and O–H groups in total. The van der Waals surface area contributed by atoms with Crippen molar-refractivity contribution in [3.8, 4) is 0 Å². The Morgan fingerprint density at radius 2 is 1.50 bits per heavy atom. The molecule has 0 aromatic heterocycles. The molecule has 0 fully saturated rings. The molecule has 0 aliphatic rings. The van der Waals surface area contributed by atoms with E-state index in [1.54, 1.807) is 0 Å². The summed E-state index contributed by atoms with van der Waals surface area (Å²) in [4.78, 5) is 34.3. The summed E-state index contributed by atoms with van der Waals surface area (Å²) in [6, 6.07) is 0. The number of rotatable bonds is 7. The second kappa shape index (κ2) is 6.37. The van der Waals surface area contributed by atoms with Crippen molar-refractivity contribution in [2.75, 3.05) is 19.7 Å². The smallest absolute Gasteiger partial charge is 0.323 e. The van der Waals surface area contributed by atoms with Gasteiger partial charge in [0.2, 0.25) is 0 Å². The minimum absolute atomic E-state index is 0.229. The second-order valence-electron chi connectivity index (χ2n) is 2.64. The molecule has 0 bridgehead atoms. The first-order valence-corrected chi connectivity index (χ1v) is 8.45. The van der Waals surface area contributed by atoms with Gasteiger partial charge in [0.25, 0.3) is 0 Å². The summed E-state index contributed by atoms with van der Waals surface area (Å²) in [5.41, 5.74) is 0. The van der Waals surface area contributed by atoms with Crippen LogP contribution < -0.4 is 0 Å². The van der Waals surface area contributed by atoms with E-state index < -0.39 is 36.0 Å².